The first kappa shape index (κ1) is 14.4. The Morgan fingerprint density at radius 3 is 1.71 bits per heavy atom. The van der Waals surface area contributed by atoms with E-state index in [4.69, 9.17) is 9.05 Å². The van der Waals surface area contributed by atoms with E-state index in [2.05, 4.69) is 9.47 Å². The maximum absolute atomic E-state index is 11.4. The largest absolute Gasteiger partial charge is 0.464 e. The van der Waals surface area contributed by atoms with Crippen LogP contribution in [-0.4, -0.2) is 37.4 Å². The van der Waals surface area contributed by atoms with Crippen molar-refractivity contribution in [3.63, 3.8) is 0 Å². The molecule has 0 aromatic heterocycles. The van der Waals surface area contributed by atoms with E-state index in [-0.39, 0.29) is 25.6 Å². The van der Waals surface area contributed by atoms with E-state index in [1.807, 2.05) is 0 Å². The van der Waals surface area contributed by atoms with Crippen molar-refractivity contribution in [2.24, 2.45) is 0 Å². The number of carbonyl (C=O) groups excluding carboxylic acids is 2. The minimum atomic E-state index is -2.87. The van der Waals surface area contributed by atoms with Crippen LogP contribution < -0.4 is 0 Å². The molecule has 2 saturated heterocycles. The van der Waals surface area contributed by atoms with Crippen LogP contribution in [0.2, 0.25) is 0 Å². The van der Waals surface area contributed by atoms with Crippen molar-refractivity contribution in [3.8, 4) is 0 Å². The quantitative estimate of drug-likeness (QED) is 0.548. The van der Waals surface area contributed by atoms with E-state index in [1.54, 1.807) is 0 Å². The van der Waals surface area contributed by atoms with Gasteiger partial charge in [-0.15, -0.1) is 12.4 Å². The second kappa shape index (κ2) is 6.35. The minimum absolute atomic E-state index is 0. The average Bonchev–Trinajstić information content (AvgIpc) is 2.79. The normalized spacial score (nSPS) is 29.4. The first-order valence-corrected chi connectivity index (χ1v) is 6.10. The van der Waals surface area contributed by atoms with Gasteiger partial charge in [0.15, 0.2) is 12.2 Å². The molecular weight excluding hydrogens is 275 g/mol. The Bertz CT molecular complexity index is 304. The SMILES string of the molecule is Cl.O=C1OCCC1O[PH](=O)OC1CCOC1=O. The van der Waals surface area contributed by atoms with Crippen LogP contribution in [-0.2, 0) is 32.7 Å². The highest BCUT2D eigenvalue weighted by atomic mass is 35.5. The number of esters is 2. The summed E-state index contributed by atoms with van der Waals surface area (Å²) in [4.78, 5) is 22.0. The highest BCUT2D eigenvalue weighted by Crippen LogP contribution is 2.33. The lowest BCUT2D eigenvalue weighted by atomic mass is 10.3. The maximum atomic E-state index is 11.4. The summed E-state index contributed by atoms with van der Waals surface area (Å²) in [5, 5.41) is 0. The van der Waals surface area contributed by atoms with E-state index < -0.39 is 32.4 Å². The molecule has 17 heavy (non-hydrogen) atoms. The highest BCUT2D eigenvalue weighted by Gasteiger charge is 2.33. The summed E-state index contributed by atoms with van der Waals surface area (Å²) in [7, 11) is -2.87. The zero-order valence-electron chi connectivity index (χ0n) is 8.75. The van der Waals surface area contributed by atoms with E-state index >= 15 is 0 Å². The molecule has 2 unspecified atom stereocenters. The fourth-order valence-electron chi connectivity index (χ4n) is 1.43. The molecule has 2 fully saturated rings. The Kier molecular flexibility index (Phi) is 5.39. The standard InChI is InChI=1S/C8H11O7P.ClH/c9-7-5(1-3-12-7)14-16(11)15-6-2-4-13-8(6)10;/h5-6,16H,1-4H2;1H. The molecule has 2 aliphatic heterocycles. The molecule has 0 bridgehead atoms. The molecule has 98 valence electrons. The molecule has 2 rings (SSSR count). The Morgan fingerprint density at radius 1 is 1.00 bits per heavy atom. The molecule has 2 aliphatic rings. The summed E-state index contributed by atoms with van der Waals surface area (Å²) >= 11 is 0. The van der Waals surface area contributed by atoms with Crippen molar-refractivity contribution in [1.82, 2.24) is 0 Å². The number of halogens is 1. The van der Waals surface area contributed by atoms with E-state index in [9.17, 15) is 14.2 Å². The Balaban J connectivity index is 0.00000144. The van der Waals surface area contributed by atoms with Crippen molar-refractivity contribution in [1.29, 1.82) is 0 Å². The van der Waals surface area contributed by atoms with Crippen LogP contribution in [0.4, 0.5) is 0 Å². The predicted octanol–water partition coefficient (Wildman–Crippen LogP) is 0.462. The topological polar surface area (TPSA) is 88.1 Å². The van der Waals surface area contributed by atoms with Crippen molar-refractivity contribution in [2.75, 3.05) is 13.2 Å². The molecule has 0 amide bonds. The molecule has 0 N–H and O–H groups in total. The van der Waals surface area contributed by atoms with Gasteiger partial charge in [0.25, 0.3) is 0 Å². The van der Waals surface area contributed by atoms with Gasteiger partial charge in [0.2, 0.25) is 0 Å². The second-order valence-electron chi connectivity index (χ2n) is 3.38. The lowest BCUT2D eigenvalue weighted by molar-refractivity contribution is -0.144. The maximum Gasteiger partial charge on any atom is 0.335 e. The molecule has 0 aromatic rings. The van der Waals surface area contributed by atoms with Gasteiger partial charge in [0.1, 0.15) is 0 Å². The number of cyclic esters (lactones) is 2. The van der Waals surface area contributed by atoms with Gasteiger partial charge in [0, 0.05) is 12.8 Å². The molecule has 9 heteroatoms. The fourth-order valence-corrected chi connectivity index (χ4v) is 2.38. The minimum Gasteiger partial charge on any atom is -0.464 e. The van der Waals surface area contributed by atoms with Crippen molar-refractivity contribution < 1.29 is 32.7 Å². The molecule has 0 aromatic carbocycles. The van der Waals surface area contributed by atoms with Gasteiger partial charge in [-0.25, -0.2) is 9.59 Å². The van der Waals surface area contributed by atoms with Gasteiger partial charge in [-0.05, 0) is 0 Å². The lowest BCUT2D eigenvalue weighted by Crippen LogP contribution is -2.19. The monoisotopic (exact) mass is 286 g/mol. The third-order valence-corrected chi connectivity index (χ3v) is 3.21. The molecule has 0 saturated carbocycles. The number of hydrogen-bond donors (Lipinski definition) is 0. The zero-order chi connectivity index (χ0) is 11.5. The molecular formula is C8H12ClO7P. The average molecular weight is 287 g/mol. The van der Waals surface area contributed by atoms with Gasteiger partial charge >= 0.3 is 20.2 Å². The molecule has 2 heterocycles. The first-order chi connectivity index (χ1) is 7.66. The Hall–Kier alpha value is -0.620. The van der Waals surface area contributed by atoms with Crippen LogP contribution in [0.15, 0.2) is 0 Å². The van der Waals surface area contributed by atoms with Crippen molar-refractivity contribution in [2.45, 2.75) is 25.0 Å². The number of hydrogen-bond acceptors (Lipinski definition) is 7. The van der Waals surface area contributed by atoms with Crippen molar-refractivity contribution in [3.05, 3.63) is 0 Å². The van der Waals surface area contributed by atoms with Crippen molar-refractivity contribution >= 4 is 32.6 Å². The molecule has 0 spiro atoms. The van der Waals surface area contributed by atoms with Crippen LogP contribution in [0.3, 0.4) is 0 Å². The van der Waals surface area contributed by atoms with Gasteiger partial charge in [-0.2, -0.15) is 0 Å². The lowest BCUT2D eigenvalue weighted by Gasteiger charge is -2.10. The summed E-state index contributed by atoms with van der Waals surface area (Å²) in [6.45, 7) is 0.508. The van der Waals surface area contributed by atoms with Crippen LogP contribution in [0, 0.1) is 0 Å². The van der Waals surface area contributed by atoms with E-state index in [1.165, 1.54) is 0 Å². The number of rotatable bonds is 4. The number of ether oxygens (including phenoxy) is 2. The fraction of sp³-hybridized carbons (Fsp3) is 0.750. The third-order valence-electron chi connectivity index (χ3n) is 2.25. The van der Waals surface area contributed by atoms with Crippen LogP contribution in [0.25, 0.3) is 0 Å². The Morgan fingerprint density at radius 2 is 1.41 bits per heavy atom. The van der Waals surface area contributed by atoms with Crippen LogP contribution >= 0.6 is 20.7 Å². The third kappa shape index (κ3) is 3.67. The van der Waals surface area contributed by atoms with Gasteiger partial charge in [0.05, 0.1) is 13.2 Å². The van der Waals surface area contributed by atoms with Crippen LogP contribution in [0.5, 0.6) is 0 Å². The molecule has 0 radical (unpaired) electrons. The predicted molar refractivity (Wildman–Crippen MR) is 57.1 cm³/mol. The van der Waals surface area contributed by atoms with Crippen LogP contribution in [0.1, 0.15) is 12.8 Å². The summed E-state index contributed by atoms with van der Waals surface area (Å²) in [5.74, 6) is -1.09. The highest BCUT2D eigenvalue weighted by molar-refractivity contribution is 7.33. The summed E-state index contributed by atoms with van der Waals surface area (Å²) < 4.78 is 30.4. The zero-order valence-corrected chi connectivity index (χ0v) is 10.6. The molecule has 2 atom stereocenters. The van der Waals surface area contributed by atoms with Gasteiger partial charge in [-0.3, -0.25) is 13.6 Å². The van der Waals surface area contributed by atoms with Gasteiger partial charge in [-0.1, -0.05) is 0 Å². The Labute approximate surface area is 104 Å². The second-order valence-corrected chi connectivity index (χ2v) is 4.35. The molecule has 7 nitrogen and oxygen atoms in total. The van der Waals surface area contributed by atoms with E-state index in [0.29, 0.717) is 12.8 Å². The smallest absolute Gasteiger partial charge is 0.335 e. The van der Waals surface area contributed by atoms with E-state index in [0.717, 1.165) is 0 Å². The van der Waals surface area contributed by atoms with Gasteiger partial charge < -0.3 is 9.47 Å². The number of carbonyl (C=O) groups is 2. The summed E-state index contributed by atoms with van der Waals surface area (Å²) in [6, 6.07) is 0. The molecule has 0 aliphatic carbocycles. The summed E-state index contributed by atoms with van der Waals surface area (Å²) in [6.07, 6.45) is -0.978. The first-order valence-electron chi connectivity index (χ1n) is 4.87. The summed E-state index contributed by atoms with van der Waals surface area (Å²) in [5.41, 5.74) is 0.